The maximum Gasteiger partial charge on any atom is 0.264 e. The first kappa shape index (κ1) is 35.3. The number of ether oxygens (including phenoxy) is 1. The molecule has 0 spiro atoms. The lowest BCUT2D eigenvalue weighted by atomic mass is 10.0. The molecule has 2 amide bonds. The average Bonchev–Trinajstić information content (AvgIpc) is 3.60. The molecule has 8 nitrogen and oxygen atoms in total. The number of rotatable bonds is 14. The molecule has 48 heavy (non-hydrogen) atoms. The highest BCUT2D eigenvalue weighted by molar-refractivity contribution is 7.92. The highest BCUT2D eigenvalue weighted by Gasteiger charge is 2.35. The predicted octanol–water partition coefficient (Wildman–Crippen LogP) is 7.29. The lowest BCUT2D eigenvalue weighted by Gasteiger charge is -2.34. The van der Waals surface area contributed by atoms with E-state index in [1.54, 1.807) is 48.5 Å². The van der Waals surface area contributed by atoms with Crippen molar-refractivity contribution in [2.45, 2.75) is 62.6 Å². The molecule has 4 aromatic rings. The van der Waals surface area contributed by atoms with Gasteiger partial charge in [-0.2, -0.15) is 0 Å². The van der Waals surface area contributed by atoms with Gasteiger partial charge in [0.25, 0.3) is 10.0 Å². The molecule has 1 saturated carbocycles. The van der Waals surface area contributed by atoms with E-state index in [0.717, 1.165) is 41.1 Å². The lowest BCUT2D eigenvalue weighted by Crippen LogP contribution is -2.54. The summed E-state index contributed by atoms with van der Waals surface area (Å²) in [5, 5.41) is 4.09. The number of nitrogens with zero attached hydrogens (tertiary/aromatic N) is 2. The van der Waals surface area contributed by atoms with Gasteiger partial charge in [-0.3, -0.25) is 13.9 Å². The zero-order chi connectivity index (χ0) is 34.1. The van der Waals surface area contributed by atoms with Crippen molar-refractivity contribution in [2.24, 2.45) is 0 Å². The maximum atomic E-state index is 14.6. The molecule has 0 saturated heterocycles. The Kier molecular flexibility index (Phi) is 12.0. The van der Waals surface area contributed by atoms with Crippen molar-refractivity contribution in [3.8, 4) is 5.75 Å². The van der Waals surface area contributed by atoms with Gasteiger partial charge in [-0.25, -0.2) is 8.42 Å². The number of anilines is 1. The van der Waals surface area contributed by atoms with Gasteiger partial charge in [0.05, 0.1) is 17.2 Å². The van der Waals surface area contributed by atoms with Gasteiger partial charge < -0.3 is 15.0 Å². The normalized spacial score (nSPS) is 13.9. The second-order valence-electron chi connectivity index (χ2n) is 11.7. The third-order valence-electron chi connectivity index (χ3n) is 8.36. The second kappa shape index (κ2) is 16.4. The second-order valence-corrected chi connectivity index (χ2v) is 14.5. The molecule has 1 N–H and O–H groups in total. The zero-order valence-corrected chi connectivity index (χ0v) is 29.1. The Hall–Kier alpha value is -4.05. The van der Waals surface area contributed by atoms with Crippen LogP contribution >= 0.6 is 23.2 Å². The van der Waals surface area contributed by atoms with Crippen molar-refractivity contribution < 1.29 is 22.7 Å². The predicted molar refractivity (Wildman–Crippen MR) is 190 cm³/mol. The van der Waals surface area contributed by atoms with Gasteiger partial charge in [0.2, 0.25) is 11.8 Å². The molecule has 1 aliphatic carbocycles. The SMILES string of the molecule is CCOc1ccc(N(CC(=O)N(Cc2ccc(Cl)cc2)C(Cc2ccccc2)C(=O)NC2CCCC2)S(=O)(=O)c2ccc(Cl)cc2)cc1. The molecule has 0 aromatic heterocycles. The van der Waals surface area contributed by atoms with Crippen LogP contribution in [0.25, 0.3) is 0 Å². The zero-order valence-electron chi connectivity index (χ0n) is 26.7. The molecule has 1 aliphatic rings. The van der Waals surface area contributed by atoms with Crippen LogP contribution in [0.15, 0.2) is 108 Å². The summed E-state index contributed by atoms with van der Waals surface area (Å²) in [6, 6.07) is 28.0. The number of benzene rings is 4. The summed E-state index contributed by atoms with van der Waals surface area (Å²) < 4.78 is 35.1. The van der Waals surface area contributed by atoms with E-state index in [0.29, 0.717) is 22.4 Å². The fourth-order valence-corrected chi connectivity index (χ4v) is 7.51. The van der Waals surface area contributed by atoms with Crippen molar-refractivity contribution >= 4 is 50.7 Å². The summed E-state index contributed by atoms with van der Waals surface area (Å²) in [7, 11) is -4.26. The van der Waals surface area contributed by atoms with E-state index >= 15 is 0 Å². The Labute approximate surface area is 292 Å². The standard InChI is InChI=1S/C37H39Cl2N3O5S/c1-2-47-33-20-18-32(19-21-33)42(48(45,46)34-22-16-30(39)17-23-34)26-36(43)41(25-28-12-14-29(38)15-13-28)35(24-27-8-4-3-5-9-27)37(44)40-31-10-6-7-11-31/h3-5,8-9,12-23,31,35H,2,6-7,10-11,24-26H2,1H3,(H,40,44). The fraction of sp³-hybridized carbons (Fsp3) is 0.297. The molecule has 0 radical (unpaired) electrons. The Morgan fingerprint density at radius 2 is 1.44 bits per heavy atom. The molecule has 1 atom stereocenters. The minimum absolute atomic E-state index is 0.0221. The summed E-state index contributed by atoms with van der Waals surface area (Å²) in [5.74, 6) is -0.257. The first-order chi connectivity index (χ1) is 23.1. The monoisotopic (exact) mass is 707 g/mol. The molecular weight excluding hydrogens is 669 g/mol. The van der Waals surface area contributed by atoms with E-state index in [4.69, 9.17) is 27.9 Å². The number of hydrogen-bond acceptors (Lipinski definition) is 5. The Balaban J connectivity index is 1.56. The maximum absolute atomic E-state index is 14.6. The number of carbonyl (C=O) groups excluding carboxylic acids is 2. The molecule has 1 unspecified atom stereocenters. The van der Waals surface area contributed by atoms with Crippen LogP contribution in [0.3, 0.4) is 0 Å². The molecule has 0 heterocycles. The van der Waals surface area contributed by atoms with Crippen molar-refractivity contribution in [3.05, 3.63) is 124 Å². The molecule has 252 valence electrons. The first-order valence-electron chi connectivity index (χ1n) is 16.0. The summed E-state index contributed by atoms with van der Waals surface area (Å²) in [6.45, 7) is 1.79. The van der Waals surface area contributed by atoms with Crippen LogP contribution in [0.4, 0.5) is 5.69 Å². The van der Waals surface area contributed by atoms with Crippen molar-refractivity contribution in [1.29, 1.82) is 0 Å². The van der Waals surface area contributed by atoms with Gasteiger partial charge in [-0.1, -0.05) is 78.5 Å². The van der Waals surface area contributed by atoms with Gasteiger partial charge in [0.15, 0.2) is 0 Å². The number of carbonyl (C=O) groups is 2. The molecule has 0 aliphatic heterocycles. The van der Waals surface area contributed by atoms with Gasteiger partial charge in [0, 0.05) is 29.1 Å². The van der Waals surface area contributed by atoms with Crippen LogP contribution in [0.1, 0.15) is 43.7 Å². The van der Waals surface area contributed by atoms with Crippen molar-refractivity contribution in [1.82, 2.24) is 10.2 Å². The number of nitrogens with one attached hydrogen (secondary N) is 1. The van der Waals surface area contributed by atoms with E-state index < -0.39 is 28.5 Å². The van der Waals surface area contributed by atoms with E-state index in [9.17, 15) is 18.0 Å². The molecule has 5 rings (SSSR count). The topological polar surface area (TPSA) is 96.0 Å². The lowest BCUT2D eigenvalue weighted by molar-refractivity contribution is -0.140. The number of amides is 2. The third-order valence-corrected chi connectivity index (χ3v) is 10.6. The Morgan fingerprint density at radius 1 is 0.833 bits per heavy atom. The summed E-state index contributed by atoms with van der Waals surface area (Å²) in [5.41, 5.74) is 1.88. The summed E-state index contributed by atoms with van der Waals surface area (Å²) >= 11 is 12.3. The quantitative estimate of drug-likeness (QED) is 0.149. The van der Waals surface area contributed by atoms with Gasteiger partial charge >= 0.3 is 0 Å². The van der Waals surface area contributed by atoms with Crippen molar-refractivity contribution in [2.75, 3.05) is 17.5 Å². The fourth-order valence-electron chi connectivity index (χ4n) is 5.85. The number of sulfonamides is 1. The van der Waals surface area contributed by atoms with E-state index in [1.165, 1.54) is 29.2 Å². The number of halogens is 2. The van der Waals surface area contributed by atoms with E-state index in [2.05, 4.69) is 5.32 Å². The Morgan fingerprint density at radius 3 is 2.04 bits per heavy atom. The summed E-state index contributed by atoms with van der Waals surface area (Å²) in [6.07, 6.45) is 4.05. The molecule has 4 aromatic carbocycles. The van der Waals surface area contributed by atoms with Gasteiger partial charge in [-0.15, -0.1) is 0 Å². The van der Waals surface area contributed by atoms with E-state index in [1.807, 2.05) is 37.3 Å². The van der Waals surface area contributed by atoms with Crippen LogP contribution in [0.2, 0.25) is 10.0 Å². The van der Waals surface area contributed by atoms with Crippen LogP contribution < -0.4 is 14.4 Å². The minimum Gasteiger partial charge on any atom is -0.494 e. The number of hydrogen-bond donors (Lipinski definition) is 1. The van der Waals surface area contributed by atoms with Crippen LogP contribution in [-0.4, -0.2) is 50.4 Å². The highest BCUT2D eigenvalue weighted by atomic mass is 35.5. The smallest absolute Gasteiger partial charge is 0.264 e. The largest absolute Gasteiger partial charge is 0.494 e. The molecule has 1 fully saturated rings. The van der Waals surface area contributed by atoms with Gasteiger partial charge in [-0.05, 0) is 91.6 Å². The molecular formula is C37H39Cl2N3O5S. The van der Waals surface area contributed by atoms with Crippen molar-refractivity contribution in [3.63, 3.8) is 0 Å². The summed E-state index contributed by atoms with van der Waals surface area (Å²) in [4.78, 5) is 30.2. The van der Waals surface area contributed by atoms with Crippen LogP contribution in [0, 0.1) is 0 Å². The minimum atomic E-state index is -4.26. The van der Waals surface area contributed by atoms with E-state index in [-0.39, 0.29) is 35.5 Å². The van der Waals surface area contributed by atoms with Crippen LogP contribution in [-0.2, 0) is 32.6 Å². The molecule has 11 heteroatoms. The molecule has 0 bridgehead atoms. The first-order valence-corrected chi connectivity index (χ1v) is 18.2. The van der Waals surface area contributed by atoms with Crippen LogP contribution in [0.5, 0.6) is 5.75 Å². The van der Waals surface area contributed by atoms with Gasteiger partial charge in [0.1, 0.15) is 18.3 Å². The Bertz CT molecular complexity index is 1760. The highest BCUT2D eigenvalue weighted by Crippen LogP contribution is 2.28. The average molecular weight is 709 g/mol. The third kappa shape index (κ3) is 9.09.